The van der Waals surface area contributed by atoms with Crippen molar-refractivity contribution >= 4 is 34.2 Å². The SMILES string of the molecule is O=C1C[C@H](Cc2ccc(C(=O)Nc3nc(-c4ccccc4)cs3)cc2)C(=O)N1. The number of nitrogens with zero attached hydrogens (tertiary/aromatic N) is 1. The fraction of sp³-hybridized carbons (Fsp3) is 0.143. The first-order valence-electron chi connectivity index (χ1n) is 8.83. The van der Waals surface area contributed by atoms with Crippen molar-refractivity contribution in [2.45, 2.75) is 12.8 Å². The zero-order valence-electron chi connectivity index (χ0n) is 14.8. The minimum absolute atomic E-state index is 0.217. The van der Waals surface area contributed by atoms with Crippen LogP contribution in [0.15, 0.2) is 60.0 Å². The van der Waals surface area contributed by atoms with E-state index in [1.807, 2.05) is 47.8 Å². The summed E-state index contributed by atoms with van der Waals surface area (Å²) in [6.45, 7) is 0. The zero-order chi connectivity index (χ0) is 19.5. The maximum atomic E-state index is 12.5. The molecular formula is C21H17N3O3S. The van der Waals surface area contributed by atoms with Gasteiger partial charge in [-0.1, -0.05) is 42.5 Å². The van der Waals surface area contributed by atoms with E-state index in [-0.39, 0.29) is 30.1 Å². The molecule has 0 saturated carbocycles. The lowest BCUT2D eigenvalue weighted by atomic mass is 9.97. The fourth-order valence-corrected chi connectivity index (χ4v) is 3.81. The molecule has 2 heterocycles. The molecule has 1 saturated heterocycles. The van der Waals surface area contributed by atoms with Gasteiger partial charge in [-0.15, -0.1) is 11.3 Å². The Morgan fingerprint density at radius 1 is 1.11 bits per heavy atom. The highest BCUT2D eigenvalue weighted by Gasteiger charge is 2.30. The van der Waals surface area contributed by atoms with Crippen LogP contribution < -0.4 is 10.6 Å². The standard InChI is InChI=1S/C21H17N3O3S/c25-18-11-16(20(27)23-18)10-13-6-8-15(9-7-13)19(26)24-21-22-17(12-28-21)14-4-2-1-3-5-14/h1-9,12,16H,10-11H2,(H,22,24,26)(H,23,25,27)/t16-/m0/s1. The summed E-state index contributed by atoms with van der Waals surface area (Å²) in [5, 5.41) is 7.56. The lowest BCUT2D eigenvalue weighted by Crippen LogP contribution is -2.22. The van der Waals surface area contributed by atoms with Crippen molar-refractivity contribution in [1.29, 1.82) is 0 Å². The Labute approximate surface area is 165 Å². The number of nitrogens with one attached hydrogen (secondary N) is 2. The molecule has 0 radical (unpaired) electrons. The summed E-state index contributed by atoms with van der Waals surface area (Å²) in [6, 6.07) is 16.8. The Morgan fingerprint density at radius 2 is 1.86 bits per heavy atom. The quantitative estimate of drug-likeness (QED) is 0.654. The van der Waals surface area contributed by atoms with E-state index in [4.69, 9.17) is 0 Å². The van der Waals surface area contributed by atoms with Crippen LogP contribution in [0.1, 0.15) is 22.3 Å². The molecule has 1 aromatic heterocycles. The van der Waals surface area contributed by atoms with Crippen LogP contribution in [0.2, 0.25) is 0 Å². The molecule has 0 aliphatic carbocycles. The Morgan fingerprint density at radius 3 is 2.54 bits per heavy atom. The van der Waals surface area contributed by atoms with Crippen molar-refractivity contribution in [1.82, 2.24) is 10.3 Å². The predicted octanol–water partition coefficient (Wildman–Crippen LogP) is 3.27. The second-order valence-electron chi connectivity index (χ2n) is 6.57. The number of hydrogen-bond donors (Lipinski definition) is 2. The summed E-state index contributed by atoms with van der Waals surface area (Å²) in [6.07, 6.45) is 0.696. The zero-order valence-corrected chi connectivity index (χ0v) is 15.7. The number of anilines is 1. The third-order valence-corrected chi connectivity index (χ3v) is 5.32. The Kier molecular flexibility index (Phi) is 4.99. The molecule has 6 nitrogen and oxygen atoms in total. The van der Waals surface area contributed by atoms with E-state index < -0.39 is 0 Å². The molecule has 2 aromatic carbocycles. The molecule has 7 heteroatoms. The van der Waals surface area contributed by atoms with Crippen molar-refractivity contribution in [3.63, 3.8) is 0 Å². The average molecular weight is 391 g/mol. The Hall–Kier alpha value is -3.32. The highest BCUT2D eigenvalue weighted by atomic mass is 32.1. The number of aromatic nitrogens is 1. The van der Waals surface area contributed by atoms with E-state index >= 15 is 0 Å². The number of benzene rings is 2. The number of carbonyl (C=O) groups excluding carboxylic acids is 3. The first kappa shape index (κ1) is 18.1. The molecule has 3 aromatic rings. The molecule has 4 rings (SSSR count). The second-order valence-corrected chi connectivity index (χ2v) is 7.43. The molecule has 3 amide bonds. The van der Waals surface area contributed by atoms with Gasteiger partial charge in [0.05, 0.1) is 11.6 Å². The van der Waals surface area contributed by atoms with E-state index in [2.05, 4.69) is 15.6 Å². The van der Waals surface area contributed by atoms with Crippen molar-refractivity contribution in [2.75, 3.05) is 5.32 Å². The molecule has 0 bridgehead atoms. The minimum atomic E-state index is -0.334. The van der Waals surface area contributed by atoms with Crippen LogP contribution in [0.4, 0.5) is 5.13 Å². The van der Waals surface area contributed by atoms with Crippen LogP contribution >= 0.6 is 11.3 Å². The van der Waals surface area contributed by atoms with Gasteiger partial charge in [0, 0.05) is 22.9 Å². The molecule has 1 fully saturated rings. The van der Waals surface area contributed by atoms with Gasteiger partial charge in [-0.3, -0.25) is 25.0 Å². The summed E-state index contributed by atoms with van der Waals surface area (Å²) in [5.41, 5.74) is 3.23. The van der Waals surface area contributed by atoms with Gasteiger partial charge in [-0.2, -0.15) is 0 Å². The summed E-state index contributed by atoms with van der Waals surface area (Å²) in [5.74, 6) is -1.04. The molecule has 28 heavy (non-hydrogen) atoms. The number of amides is 3. The van der Waals surface area contributed by atoms with Gasteiger partial charge < -0.3 is 0 Å². The minimum Gasteiger partial charge on any atom is -0.298 e. The lowest BCUT2D eigenvalue weighted by molar-refractivity contribution is -0.125. The first-order chi connectivity index (χ1) is 13.6. The topological polar surface area (TPSA) is 88.2 Å². The third-order valence-electron chi connectivity index (χ3n) is 4.56. The van der Waals surface area contributed by atoms with E-state index in [0.29, 0.717) is 17.1 Å². The van der Waals surface area contributed by atoms with Crippen molar-refractivity contribution < 1.29 is 14.4 Å². The number of carbonyl (C=O) groups is 3. The number of rotatable bonds is 5. The monoisotopic (exact) mass is 391 g/mol. The molecule has 1 aliphatic rings. The molecule has 0 unspecified atom stereocenters. The maximum absolute atomic E-state index is 12.5. The van der Waals surface area contributed by atoms with Gasteiger partial charge in [-0.05, 0) is 24.1 Å². The fourth-order valence-electron chi connectivity index (χ4n) is 3.09. The molecule has 0 spiro atoms. The van der Waals surface area contributed by atoms with Gasteiger partial charge in [0.15, 0.2) is 5.13 Å². The molecule has 1 atom stereocenters. The van der Waals surface area contributed by atoms with Gasteiger partial charge in [0.25, 0.3) is 5.91 Å². The molecule has 140 valence electrons. The van der Waals surface area contributed by atoms with E-state index in [9.17, 15) is 14.4 Å². The molecule has 2 N–H and O–H groups in total. The van der Waals surface area contributed by atoms with Crippen molar-refractivity contribution in [2.24, 2.45) is 5.92 Å². The van der Waals surface area contributed by atoms with Gasteiger partial charge in [-0.25, -0.2) is 4.98 Å². The van der Waals surface area contributed by atoms with Crippen molar-refractivity contribution in [3.8, 4) is 11.3 Å². The maximum Gasteiger partial charge on any atom is 0.257 e. The van der Waals surface area contributed by atoms with Crippen LogP contribution in [0.3, 0.4) is 0 Å². The normalized spacial score (nSPS) is 16.1. The largest absolute Gasteiger partial charge is 0.298 e. The smallest absolute Gasteiger partial charge is 0.257 e. The summed E-state index contributed by atoms with van der Waals surface area (Å²) >= 11 is 1.37. The van der Waals surface area contributed by atoms with Crippen LogP contribution in [-0.2, 0) is 16.0 Å². The third kappa shape index (κ3) is 3.99. The van der Waals surface area contributed by atoms with Crippen molar-refractivity contribution in [3.05, 3.63) is 71.1 Å². The Balaban J connectivity index is 1.39. The highest BCUT2D eigenvalue weighted by molar-refractivity contribution is 7.14. The van der Waals surface area contributed by atoms with Crippen LogP contribution in [0.5, 0.6) is 0 Å². The lowest BCUT2D eigenvalue weighted by Gasteiger charge is -2.07. The molecular weight excluding hydrogens is 374 g/mol. The number of imide groups is 1. The summed E-state index contributed by atoms with van der Waals surface area (Å²) in [4.78, 5) is 39.9. The van der Waals surface area contributed by atoms with Gasteiger partial charge in [0.2, 0.25) is 11.8 Å². The van der Waals surface area contributed by atoms with Crippen LogP contribution in [0, 0.1) is 5.92 Å². The molecule has 1 aliphatic heterocycles. The summed E-state index contributed by atoms with van der Waals surface area (Å²) in [7, 11) is 0. The average Bonchev–Trinajstić information content (AvgIpc) is 3.29. The summed E-state index contributed by atoms with van der Waals surface area (Å²) < 4.78 is 0. The van der Waals surface area contributed by atoms with E-state index in [0.717, 1.165) is 16.8 Å². The number of thiazole rings is 1. The predicted molar refractivity (Wildman–Crippen MR) is 107 cm³/mol. The number of hydrogen-bond acceptors (Lipinski definition) is 5. The first-order valence-corrected chi connectivity index (χ1v) is 9.71. The second kappa shape index (κ2) is 7.74. The van der Waals surface area contributed by atoms with Gasteiger partial charge >= 0.3 is 0 Å². The van der Waals surface area contributed by atoms with Crippen LogP contribution in [-0.4, -0.2) is 22.7 Å². The van der Waals surface area contributed by atoms with Gasteiger partial charge in [0.1, 0.15) is 0 Å². The Bertz CT molecular complexity index is 1030. The highest BCUT2D eigenvalue weighted by Crippen LogP contribution is 2.25. The van der Waals surface area contributed by atoms with E-state index in [1.165, 1.54) is 11.3 Å². The van der Waals surface area contributed by atoms with Crippen LogP contribution in [0.25, 0.3) is 11.3 Å². The van der Waals surface area contributed by atoms with E-state index in [1.54, 1.807) is 12.1 Å².